The summed E-state index contributed by atoms with van der Waals surface area (Å²) in [5.41, 5.74) is 0. The van der Waals surface area contributed by atoms with Gasteiger partial charge in [-0.05, 0) is 51.7 Å². The second-order valence-corrected chi connectivity index (χ2v) is 5.28. The number of rotatable bonds is 6. The van der Waals surface area contributed by atoms with Crippen molar-refractivity contribution < 1.29 is 0 Å². The smallest absolute Gasteiger partial charge is 0.0220 e. The zero-order valence-corrected chi connectivity index (χ0v) is 10.8. The SMILES string of the molecule is CNCC1CCCCN1CCCC(C)C. The molecule has 0 aromatic rings. The van der Waals surface area contributed by atoms with Gasteiger partial charge in [0.05, 0.1) is 0 Å². The zero-order valence-electron chi connectivity index (χ0n) is 10.8. The predicted octanol–water partition coefficient (Wildman–Crippen LogP) is 2.50. The molecule has 2 nitrogen and oxygen atoms in total. The Labute approximate surface area is 95.4 Å². The third-order valence-corrected chi connectivity index (χ3v) is 3.42. The van der Waals surface area contributed by atoms with Crippen molar-refractivity contribution in [1.29, 1.82) is 0 Å². The fourth-order valence-electron chi connectivity index (χ4n) is 2.52. The maximum atomic E-state index is 3.32. The molecule has 1 rings (SSSR count). The van der Waals surface area contributed by atoms with Gasteiger partial charge in [0.15, 0.2) is 0 Å². The highest BCUT2D eigenvalue weighted by Gasteiger charge is 2.20. The standard InChI is InChI=1S/C13H28N2/c1-12(2)7-6-10-15-9-5-4-8-13(15)11-14-3/h12-14H,4-11H2,1-3H3. The third-order valence-electron chi connectivity index (χ3n) is 3.42. The molecule has 0 spiro atoms. The summed E-state index contributed by atoms with van der Waals surface area (Å²) in [7, 11) is 2.07. The van der Waals surface area contributed by atoms with E-state index < -0.39 is 0 Å². The minimum atomic E-state index is 0.802. The van der Waals surface area contributed by atoms with Crippen LogP contribution in [0.25, 0.3) is 0 Å². The van der Waals surface area contributed by atoms with Crippen molar-refractivity contribution in [1.82, 2.24) is 10.2 Å². The molecule has 15 heavy (non-hydrogen) atoms. The van der Waals surface area contributed by atoms with E-state index in [0.29, 0.717) is 0 Å². The summed E-state index contributed by atoms with van der Waals surface area (Å²) >= 11 is 0. The van der Waals surface area contributed by atoms with Crippen LogP contribution in [0.5, 0.6) is 0 Å². The molecule has 2 heteroatoms. The lowest BCUT2D eigenvalue weighted by molar-refractivity contribution is 0.143. The van der Waals surface area contributed by atoms with Gasteiger partial charge in [0.1, 0.15) is 0 Å². The molecule has 0 bridgehead atoms. The van der Waals surface area contributed by atoms with E-state index in [1.807, 2.05) is 0 Å². The summed E-state index contributed by atoms with van der Waals surface area (Å²) in [6.07, 6.45) is 6.97. The van der Waals surface area contributed by atoms with Crippen LogP contribution in [0.1, 0.15) is 46.0 Å². The average Bonchev–Trinajstić information content (AvgIpc) is 2.20. The van der Waals surface area contributed by atoms with Crippen LogP contribution in [-0.4, -0.2) is 37.6 Å². The molecule has 0 aliphatic carbocycles. The molecule has 0 amide bonds. The molecule has 0 saturated carbocycles. The van der Waals surface area contributed by atoms with Crippen molar-refractivity contribution in [2.45, 2.75) is 52.0 Å². The molecule has 0 aromatic heterocycles. The molecule has 0 aromatic carbocycles. The van der Waals surface area contributed by atoms with Crippen molar-refractivity contribution in [2.75, 3.05) is 26.7 Å². The van der Waals surface area contributed by atoms with Gasteiger partial charge >= 0.3 is 0 Å². The number of likely N-dealkylation sites (N-methyl/N-ethyl adjacent to an activating group) is 1. The van der Waals surface area contributed by atoms with E-state index in [9.17, 15) is 0 Å². The summed E-state index contributed by atoms with van der Waals surface area (Å²) in [5.74, 6) is 0.859. The number of hydrogen-bond acceptors (Lipinski definition) is 2. The van der Waals surface area contributed by atoms with Gasteiger partial charge in [0.25, 0.3) is 0 Å². The van der Waals surface area contributed by atoms with Crippen LogP contribution in [-0.2, 0) is 0 Å². The second-order valence-electron chi connectivity index (χ2n) is 5.28. The van der Waals surface area contributed by atoms with Crippen LogP contribution in [0.2, 0.25) is 0 Å². The van der Waals surface area contributed by atoms with Gasteiger partial charge in [-0.15, -0.1) is 0 Å². The monoisotopic (exact) mass is 212 g/mol. The van der Waals surface area contributed by atoms with E-state index in [2.05, 4.69) is 31.1 Å². The second kappa shape index (κ2) is 7.24. The summed E-state index contributed by atoms with van der Waals surface area (Å²) in [6.45, 7) is 8.44. The maximum Gasteiger partial charge on any atom is 0.0220 e. The Hall–Kier alpha value is -0.0800. The minimum absolute atomic E-state index is 0.802. The fourth-order valence-corrected chi connectivity index (χ4v) is 2.52. The van der Waals surface area contributed by atoms with Crippen LogP contribution in [0.4, 0.5) is 0 Å². The van der Waals surface area contributed by atoms with Crippen LogP contribution in [0.3, 0.4) is 0 Å². The molecule has 1 unspecified atom stereocenters. The van der Waals surface area contributed by atoms with E-state index in [0.717, 1.165) is 12.0 Å². The third kappa shape index (κ3) is 4.98. The summed E-state index contributed by atoms with van der Waals surface area (Å²) in [5, 5.41) is 3.32. The Morgan fingerprint density at radius 3 is 2.80 bits per heavy atom. The Bertz CT molecular complexity index is 155. The lowest BCUT2D eigenvalue weighted by atomic mass is 10.0. The number of nitrogens with one attached hydrogen (secondary N) is 1. The number of hydrogen-bond donors (Lipinski definition) is 1. The molecule has 90 valence electrons. The Morgan fingerprint density at radius 1 is 1.33 bits per heavy atom. The normalized spacial score (nSPS) is 23.6. The van der Waals surface area contributed by atoms with Crippen molar-refractivity contribution >= 4 is 0 Å². The molecule has 1 saturated heterocycles. The van der Waals surface area contributed by atoms with Crippen LogP contribution in [0, 0.1) is 5.92 Å². The number of piperidine rings is 1. The average molecular weight is 212 g/mol. The topological polar surface area (TPSA) is 15.3 Å². The van der Waals surface area contributed by atoms with E-state index in [1.54, 1.807) is 0 Å². The molecule has 1 atom stereocenters. The largest absolute Gasteiger partial charge is 0.318 e. The van der Waals surface area contributed by atoms with Gasteiger partial charge in [0.2, 0.25) is 0 Å². The van der Waals surface area contributed by atoms with Gasteiger partial charge in [-0.3, -0.25) is 4.90 Å². The van der Waals surface area contributed by atoms with Gasteiger partial charge < -0.3 is 5.32 Å². The summed E-state index contributed by atoms with van der Waals surface area (Å²) in [4.78, 5) is 2.70. The van der Waals surface area contributed by atoms with E-state index in [1.165, 1.54) is 51.7 Å². The Morgan fingerprint density at radius 2 is 2.13 bits per heavy atom. The Balaban J connectivity index is 2.23. The number of nitrogens with zero attached hydrogens (tertiary/aromatic N) is 1. The van der Waals surface area contributed by atoms with Gasteiger partial charge in [-0.1, -0.05) is 20.3 Å². The quantitative estimate of drug-likeness (QED) is 0.728. The highest BCUT2D eigenvalue weighted by Crippen LogP contribution is 2.17. The zero-order chi connectivity index (χ0) is 11.1. The molecule has 1 aliphatic heterocycles. The molecule has 1 fully saturated rings. The first-order valence-corrected chi connectivity index (χ1v) is 6.62. The Kier molecular flexibility index (Phi) is 6.26. The minimum Gasteiger partial charge on any atom is -0.318 e. The highest BCUT2D eigenvalue weighted by molar-refractivity contribution is 4.78. The van der Waals surface area contributed by atoms with Crippen molar-refractivity contribution in [3.63, 3.8) is 0 Å². The maximum absolute atomic E-state index is 3.32. The van der Waals surface area contributed by atoms with Crippen molar-refractivity contribution in [3.8, 4) is 0 Å². The van der Waals surface area contributed by atoms with E-state index >= 15 is 0 Å². The predicted molar refractivity (Wildman–Crippen MR) is 67.2 cm³/mol. The van der Waals surface area contributed by atoms with Crippen LogP contribution < -0.4 is 5.32 Å². The lowest BCUT2D eigenvalue weighted by Crippen LogP contribution is -2.45. The summed E-state index contributed by atoms with van der Waals surface area (Å²) < 4.78 is 0. The van der Waals surface area contributed by atoms with Gasteiger partial charge in [0, 0.05) is 12.6 Å². The van der Waals surface area contributed by atoms with Crippen LogP contribution in [0.15, 0.2) is 0 Å². The molecular weight excluding hydrogens is 184 g/mol. The van der Waals surface area contributed by atoms with Crippen molar-refractivity contribution in [2.24, 2.45) is 5.92 Å². The summed E-state index contributed by atoms with van der Waals surface area (Å²) in [6, 6.07) is 0.802. The van der Waals surface area contributed by atoms with Crippen LogP contribution >= 0.6 is 0 Å². The number of likely N-dealkylation sites (tertiary alicyclic amines) is 1. The van der Waals surface area contributed by atoms with Gasteiger partial charge in [-0.2, -0.15) is 0 Å². The van der Waals surface area contributed by atoms with Gasteiger partial charge in [-0.25, -0.2) is 0 Å². The van der Waals surface area contributed by atoms with E-state index in [-0.39, 0.29) is 0 Å². The first-order valence-electron chi connectivity index (χ1n) is 6.62. The molecule has 1 heterocycles. The van der Waals surface area contributed by atoms with E-state index in [4.69, 9.17) is 0 Å². The molecule has 0 radical (unpaired) electrons. The fraction of sp³-hybridized carbons (Fsp3) is 1.00. The highest BCUT2D eigenvalue weighted by atomic mass is 15.2. The molecular formula is C13H28N2. The molecule has 1 N–H and O–H groups in total. The van der Waals surface area contributed by atoms with Crippen molar-refractivity contribution in [3.05, 3.63) is 0 Å². The first-order chi connectivity index (χ1) is 7.24. The lowest BCUT2D eigenvalue weighted by Gasteiger charge is -2.35. The molecule has 1 aliphatic rings. The first kappa shape index (κ1) is 13.0.